The number of benzene rings is 1. The Morgan fingerprint density at radius 2 is 1.20 bits per heavy atom. The van der Waals surface area contributed by atoms with Gasteiger partial charge < -0.3 is 15.3 Å². The molecule has 1 aromatic rings. The van der Waals surface area contributed by atoms with Crippen LogP contribution in [-0.2, 0) is 10.1 Å². The first kappa shape index (κ1) is 13.1. The lowest BCUT2D eigenvalue weighted by atomic mass is 10.3. The van der Waals surface area contributed by atoms with Gasteiger partial charge in [-0.1, -0.05) is 0 Å². The van der Waals surface area contributed by atoms with Gasteiger partial charge in [0.15, 0.2) is 11.5 Å². The molecule has 1 rings (SSSR count). The molecule has 0 bridgehead atoms. The van der Waals surface area contributed by atoms with E-state index in [9.17, 15) is 23.7 Å². The van der Waals surface area contributed by atoms with E-state index in [1.807, 2.05) is 0 Å². The summed E-state index contributed by atoms with van der Waals surface area (Å²) in [6.07, 6.45) is 0. The molecule has 0 aliphatic rings. The summed E-state index contributed by atoms with van der Waals surface area (Å²) in [6, 6.07) is 0. The summed E-state index contributed by atoms with van der Waals surface area (Å²) in [6.45, 7) is 0. The molecule has 0 aromatic heterocycles. The topological polar surface area (TPSA) is 115 Å². The highest BCUT2D eigenvalue weighted by Gasteiger charge is 2.27. The molecule has 0 saturated carbocycles. The van der Waals surface area contributed by atoms with Gasteiger partial charge in [0.05, 0.1) is 7.14 Å². The minimum Gasteiger partial charge on any atom is -0.503 e. The first-order valence-electron chi connectivity index (χ1n) is 3.27. The van der Waals surface area contributed by atoms with Crippen molar-refractivity contribution in [3.8, 4) is 17.2 Å². The van der Waals surface area contributed by atoms with Crippen molar-refractivity contribution in [2.75, 3.05) is 0 Å². The maximum absolute atomic E-state index is 10.9. The van der Waals surface area contributed by atoms with Crippen LogP contribution in [0.15, 0.2) is 4.90 Å². The third-order valence-electron chi connectivity index (χ3n) is 1.52. The molecule has 0 amide bonds. The van der Waals surface area contributed by atoms with Crippen molar-refractivity contribution in [3.05, 3.63) is 7.14 Å². The van der Waals surface area contributed by atoms with E-state index in [4.69, 9.17) is 4.55 Å². The number of hydrogen-bond acceptors (Lipinski definition) is 5. The van der Waals surface area contributed by atoms with Gasteiger partial charge in [-0.3, -0.25) is 4.55 Å². The van der Waals surface area contributed by atoms with Crippen LogP contribution in [0.25, 0.3) is 0 Å². The zero-order valence-corrected chi connectivity index (χ0v) is 11.9. The Morgan fingerprint density at radius 3 is 1.47 bits per heavy atom. The van der Waals surface area contributed by atoms with Gasteiger partial charge in [-0.25, -0.2) is 0 Å². The van der Waals surface area contributed by atoms with Crippen LogP contribution in [0.2, 0.25) is 0 Å². The molecule has 0 aliphatic heterocycles. The molecule has 0 fully saturated rings. The van der Waals surface area contributed by atoms with Gasteiger partial charge in [0.2, 0.25) is 5.75 Å². The van der Waals surface area contributed by atoms with Crippen LogP contribution in [-0.4, -0.2) is 28.3 Å². The Kier molecular flexibility index (Phi) is 3.57. The average Bonchev–Trinajstić information content (AvgIpc) is 2.09. The fourth-order valence-electron chi connectivity index (χ4n) is 0.858. The van der Waals surface area contributed by atoms with E-state index < -0.39 is 32.3 Å². The molecule has 1 aromatic carbocycles. The number of hydrogen-bond donors (Lipinski definition) is 4. The SMILES string of the molecule is O=S(=O)(O)c1c(I)c(O)c(O)c(O)c1I. The Hall–Kier alpha value is -0.0100. The maximum Gasteiger partial charge on any atom is 0.296 e. The van der Waals surface area contributed by atoms with Gasteiger partial charge in [0, 0.05) is 0 Å². The Labute approximate surface area is 112 Å². The second kappa shape index (κ2) is 4.10. The van der Waals surface area contributed by atoms with E-state index in [1.165, 1.54) is 45.2 Å². The summed E-state index contributed by atoms with van der Waals surface area (Å²) >= 11 is 2.87. The Balaban J connectivity index is 3.84. The molecule has 15 heavy (non-hydrogen) atoms. The van der Waals surface area contributed by atoms with Gasteiger partial charge >= 0.3 is 0 Å². The van der Waals surface area contributed by atoms with E-state index in [1.54, 1.807) is 0 Å². The van der Waals surface area contributed by atoms with Crippen molar-refractivity contribution in [1.29, 1.82) is 0 Å². The predicted molar refractivity (Wildman–Crippen MR) is 66.7 cm³/mol. The largest absolute Gasteiger partial charge is 0.503 e. The quantitative estimate of drug-likeness (QED) is 0.287. The van der Waals surface area contributed by atoms with Gasteiger partial charge in [0.25, 0.3) is 10.1 Å². The minimum absolute atomic E-state index is 0.255. The van der Waals surface area contributed by atoms with Crippen LogP contribution in [0, 0.1) is 7.14 Å². The first-order chi connectivity index (χ1) is 6.68. The summed E-state index contributed by atoms with van der Waals surface area (Å²) in [5.74, 6) is -2.40. The Bertz CT molecular complexity index is 494. The highest BCUT2D eigenvalue weighted by Crippen LogP contribution is 2.45. The maximum atomic E-state index is 10.9. The van der Waals surface area contributed by atoms with Crippen molar-refractivity contribution in [1.82, 2.24) is 0 Å². The molecule has 0 saturated heterocycles. The lowest BCUT2D eigenvalue weighted by Gasteiger charge is -2.10. The van der Waals surface area contributed by atoms with Crippen molar-refractivity contribution < 1.29 is 28.3 Å². The van der Waals surface area contributed by atoms with Crippen molar-refractivity contribution >= 4 is 55.3 Å². The highest BCUT2D eigenvalue weighted by molar-refractivity contribution is 14.1. The molecule has 6 nitrogen and oxygen atoms in total. The normalized spacial score (nSPS) is 11.7. The molecule has 0 heterocycles. The fourth-order valence-corrected chi connectivity index (χ4v) is 4.74. The van der Waals surface area contributed by atoms with Crippen LogP contribution < -0.4 is 0 Å². The lowest BCUT2D eigenvalue weighted by molar-refractivity contribution is 0.360. The Morgan fingerprint density at radius 1 is 0.867 bits per heavy atom. The van der Waals surface area contributed by atoms with Gasteiger partial charge in [0.1, 0.15) is 4.90 Å². The summed E-state index contributed by atoms with van der Waals surface area (Å²) in [5, 5.41) is 27.7. The molecule has 0 atom stereocenters. The number of phenolic OH excluding ortho intramolecular Hbond substituents is 3. The zero-order valence-electron chi connectivity index (χ0n) is 6.77. The van der Waals surface area contributed by atoms with Crippen LogP contribution in [0.5, 0.6) is 17.2 Å². The average molecular weight is 458 g/mol. The summed E-state index contributed by atoms with van der Waals surface area (Å²) in [4.78, 5) is -0.628. The van der Waals surface area contributed by atoms with Crippen molar-refractivity contribution in [3.63, 3.8) is 0 Å². The van der Waals surface area contributed by atoms with Crippen LogP contribution in [0.4, 0.5) is 0 Å². The van der Waals surface area contributed by atoms with Gasteiger partial charge in [-0.05, 0) is 45.2 Å². The van der Waals surface area contributed by atoms with Gasteiger partial charge in [-0.2, -0.15) is 8.42 Å². The third-order valence-corrected chi connectivity index (χ3v) is 5.28. The van der Waals surface area contributed by atoms with Gasteiger partial charge in [-0.15, -0.1) is 0 Å². The number of phenols is 3. The highest BCUT2D eigenvalue weighted by atomic mass is 127. The van der Waals surface area contributed by atoms with Crippen LogP contribution >= 0.6 is 45.2 Å². The predicted octanol–water partition coefficient (Wildman–Crippen LogP) is 1.26. The lowest BCUT2D eigenvalue weighted by Crippen LogP contribution is -2.04. The van der Waals surface area contributed by atoms with Crippen molar-refractivity contribution in [2.24, 2.45) is 0 Å². The zero-order chi connectivity index (χ0) is 12.0. The smallest absolute Gasteiger partial charge is 0.296 e. The van der Waals surface area contributed by atoms with E-state index in [0.29, 0.717) is 0 Å². The van der Waals surface area contributed by atoms with Crippen molar-refractivity contribution in [2.45, 2.75) is 4.90 Å². The molecule has 0 radical (unpaired) electrons. The first-order valence-corrected chi connectivity index (χ1v) is 6.87. The van der Waals surface area contributed by atoms with E-state index in [0.717, 1.165) is 0 Å². The molecule has 0 spiro atoms. The standard InChI is InChI=1S/C6H4I2O6S/c7-1-3(9)5(11)4(10)2(8)6(1)15(12,13)14/h9-11H,(H,12,13,14). The number of rotatable bonds is 1. The second-order valence-electron chi connectivity index (χ2n) is 2.48. The van der Waals surface area contributed by atoms with E-state index >= 15 is 0 Å². The summed E-state index contributed by atoms with van der Waals surface area (Å²) in [5.41, 5.74) is 0. The third kappa shape index (κ3) is 2.24. The number of halogens is 2. The summed E-state index contributed by atoms with van der Waals surface area (Å²) in [7, 11) is -4.57. The van der Waals surface area contributed by atoms with E-state index in [-0.39, 0.29) is 7.14 Å². The van der Waals surface area contributed by atoms with Crippen LogP contribution in [0.1, 0.15) is 0 Å². The second-order valence-corrected chi connectivity index (χ2v) is 5.99. The molecule has 0 aliphatic carbocycles. The molecular weight excluding hydrogens is 454 g/mol. The molecular formula is C6H4I2O6S. The van der Waals surface area contributed by atoms with Crippen LogP contribution in [0.3, 0.4) is 0 Å². The fraction of sp³-hybridized carbons (Fsp3) is 0. The minimum atomic E-state index is -4.57. The monoisotopic (exact) mass is 458 g/mol. The van der Waals surface area contributed by atoms with E-state index in [2.05, 4.69) is 0 Å². The molecule has 84 valence electrons. The molecule has 9 heteroatoms. The molecule has 4 N–H and O–H groups in total. The number of aromatic hydroxyl groups is 3. The summed E-state index contributed by atoms with van der Waals surface area (Å²) < 4.78 is 30.2. The molecule has 0 unspecified atom stereocenters.